The van der Waals surface area contributed by atoms with Crippen molar-refractivity contribution < 1.29 is 13.2 Å². The molecule has 2 N–H and O–H groups in total. The second-order valence-electron chi connectivity index (χ2n) is 7.46. The number of rotatable bonds is 9. The van der Waals surface area contributed by atoms with Gasteiger partial charge in [-0.3, -0.25) is 4.79 Å². The smallest absolute Gasteiger partial charge is 0.240 e. The highest BCUT2D eigenvalue weighted by Crippen LogP contribution is 2.25. The summed E-state index contributed by atoms with van der Waals surface area (Å²) >= 11 is 6.29. The van der Waals surface area contributed by atoms with Gasteiger partial charge >= 0.3 is 0 Å². The Morgan fingerprint density at radius 3 is 2.39 bits per heavy atom. The molecule has 6 nitrogen and oxygen atoms in total. The molecule has 0 aliphatic carbocycles. The molecule has 0 aliphatic rings. The maximum atomic E-state index is 12.6. The van der Waals surface area contributed by atoms with Crippen LogP contribution in [0, 0.1) is 0 Å². The summed E-state index contributed by atoms with van der Waals surface area (Å²) in [5, 5.41) is 5.32. The van der Waals surface area contributed by atoms with Crippen LogP contribution in [0.1, 0.15) is 18.0 Å². The first-order valence-electron chi connectivity index (χ1n) is 9.94. The summed E-state index contributed by atoms with van der Waals surface area (Å²) < 4.78 is 27.6. The summed E-state index contributed by atoms with van der Waals surface area (Å²) in [4.78, 5) is 14.4. The van der Waals surface area contributed by atoms with Gasteiger partial charge in [-0.25, -0.2) is 13.1 Å². The lowest BCUT2D eigenvalue weighted by molar-refractivity contribution is -0.121. The number of fused-ring (bicyclic) bond motifs is 1. The fourth-order valence-electron chi connectivity index (χ4n) is 3.33. The number of nitrogens with zero attached hydrogens (tertiary/aromatic N) is 1. The van der Waals surface area contributed by atoms with Crippen LogP contribution in [0.3, 0.4) is 0 Å². The minimum absolute atomic E-state index is 0.0136. The Hall–Kier alpha value is -2.45. The van der Waals surface area contributed by atoms with Crippen molar-refractivity contribution in [1.82, 2.24) is 14.9 Å². The average molecular weight is 460 g/mol. The van der Waals surface area contributed by atoms with Gasteiger partial charge in [0.15, 0.2) is 0 Å². The van der Waals surface area contributed by atoms with E-state index in [4.69, 9.17) is 11.6 Å². The van der Waals surface area contributed by atoms with E-state index in [1.165, 1.54) is 0 Å². The molecule has 0 radical (unpaired) electrons. The number of halogens is 1. The monoisotopic (exact) mass is 459 g/mol. The molecule has 0 saturated carbocycles. The van der Waals surface area contributed by atoms with Gasteiger partial charge in [-0.1, -0.05) is 60.1 Å². The Morgan fingerprint density at radius 1 is 1.00 bits per heavy atom. The van der Waals surface area contributed by atoms with Crippen molar-refractivity contribution in [1.29, 1.82) is 0 Å². The quantitative estimate of drug-likeness (QED) is 0.512. The predicted octanol–water partition coefficient (Wildman–Crippen LogP) is 3.58. The van der Waals surface area contributed by atoms with Crippen molar-refractivity contribution in [2.45, 2.75) is 17.4 Å². The predicted molar refractivity (Wildman–Crippen MR) is 125 cm³/mol. The van der Waals surface area contributed by atoms with Gasteiger partial charge in [0.05, 0.1) is 10.9 Å². The highest BCUT2D eigenvalue weighted by molar-refractivity contribution is 7.89. The summed E-state index contributed by atoms with van der Waals surface area (Å²) in [6.45, 7) is 0.382. The molecule has 0 fully saturated rings. The van der Waals surface area contributed by atoms with E-state index in [2.05, 4.69) is 10.0 Å². The van der Waals surface area contributed by atoms with E-state index in [1.54, 1.807) is 18.2 Å². The van der Waals surface area contributed by atoms with Crippen LogP contribution in [0.15, 0.2) is 71.6 Å². The Kier molecular flexibility index (Phi) is 7.67. The zero-order valence-corrected chi connectivity index (χ0v) is 19.1. The van der Waals surface area contributed by atoms with Gasteiger partial charge in [0.2, 0.25) is 15.9 Å². The van der Waals surface area contributed by atoms with Crippen molar-refractivity contribution in [2.75, 3.05) is 27.2 Å². The first-order valence-corrected chi connectivity index (χ1v) is 11.8. The number of likely N-dealkylation sites (N-methyl/N-ethyl adjacent to an activating group) is 1. The summed E-state index contributed by atoms with van der Waals surface area (Å²) in [6, 6.07) is 19.9. The summed E-state index contributed by atoms with van der Waals surface area (Å²) in [5.41, 5.74) is 0.923. The van der Waals surface area contributed by atoms with Gasteiger partial charge in [-0.15, -0.1) is 0 Å². The van der Waals surface area contributed by atoms with Crippen molar-refractivity contribution in [3.8, 4) is 0 Å². The first kappa shape index (κ1) is 23.2. The topological polar surface area (TPSA) is 78.5 Å². The number of nitrogens with one attached hydrogen (secondary N) is 2. The third kappa shape index (κ3) is 6.04. The second kappa shape index (κ2) is 10.2. The van der Waals surface area contributed by atoms with Gasteiger partial charge in [0, 0.05) is 24.5 Å². The molecule has 1 unspecified atom stereocenters. The third-order valence-electron chi connectivity index (χ3n) is 5.06. The minimum Gasteiger partial charge on any atom is -0.354 e. The van der Waals surface area contributed by atoms with Gasteiger partial charge < -0.3 is 10.2 Å². The van der Waals surface area contributed by atoms with E-state index in [1.807, 2.05) is 67.5 Å². The normalized spacial score (nSPS) is 12.8. The maximum absolute atomic E-state index is 12.6. The molecule has 8 heteroatoms. The van der Waals surface area contributed by atoms with Gasteiger partial charge in [0.1, 0.15) is 0 Å². The van der Waals surface area contributed by atoms with Crippen LogP contribution in [0.5, 0.6) is 0 Å². The maximum Gasteiger partial charge on any atom is 0.240 e. The zero-order valence-electron chi connectivity index (χ0n) is 17.5. The molecule has 3 rings (SSSR count). The lowest BCUT2D eigenvalue weighted by Gasteiger charge is -2.26. The minimum atomic E-state index is -3.70. The molecule has 0 spiro atoms. The number of carbonyl (C=O) groups is 1. The molecular formula is C23H26ClN3O3S. The highest BCUT2D eigenvalue weighted by Gasteiger charge is 2.18. The van der Waals surface area contributed by atoms with Crippen LogP contribution in [-0.4, -0.2) is 46.4 Å². The Balaban J connectivity index is 1.54. The molecule has 0 aromatic heterocycles. The van der Waals surface area contributed by atoms with Crippen LogP contribution >= 0.6 is 11.6 Å². The van der Waals surface area contributed by atoms with Crippen LogP contribution in [0.25, 0.3) is 10.8 Å². The number of hydrogen-bond acceptors (Lipinski definition) is 4. The lowest BCUT2D eigenvalue weighted by Crippen LogP contribution is -2.36. The van der Waals surface area contributed by atoms with Gasteiger partial charge in [0.25, 0.3) is 0 Å². The van der Waals surface area contributed by atoms with Crippen molar-refractivity contribution in [2.24, 2.45) is 0 Å². The molecule has 1 amide bonds. The molecule has 3 aromatic carbocycles. The average Bonchev–Trinajstić information content (AvgIpc) is 2.74. The van der Waals surface area contributed by atoms with Gasteiger partial charge in [-0.05, 0) is 48.6 Å². The standard InChI is InChI=1S/C23H26ClN3O3S/c1-27(2)22(20-9-5-6-10-21(20)24)16-25-23(28)13-14-26-31(29,30)19-12-11-17-7-3-4-8-18(17)15-19/h3-12,15,22,26H,13-14,16H2,1-2H3,(H,25,28). The fraction of sp³-hybridized carbons (Fsp3) is 0.261. The van der Waals surface area contributed by atoms with Crippen LogP contribution < -0.4 is 10.0 Å². The SMILES string of the molecule is CN(C)C(CNC(=O)CCNS(=O)(=O)c1ccc2ccccc2c1)c1ccccc1Cl. The van der Waals surface area contributed by atoms with Crippen LogP contribution in [0.4, 0.5) is 0 Å². The zero-order chi connectivity index (χ0) is 22.4. The molecule has 1 atom stereocenters. The van der Waals surface area contributed by atoms with Crippen LogP contribution in [0.2, 0.25) is 5.02 Å². The number of benzene rings is 3. The summed E-state index contributed by atoms with van der Waals surface area (Å²) in [6.07, 6.45) is 0.0372. The van der Waals surface area contributed by atoms with E-state index < -0.39 is 10.0 Å². The molecule has 0 bridgehead atoms. The van der Waals surface area contributed by atoms with E-state index in [0.29, 0.717) is 11.6 Å². The highest BCUT2D eigenvalue weighted by atomic mass is 35.5. The van der Waals surface area contributed by atoms with Gasteiger partial charge in [-0.2, -0.15) is 0 Å². The summed E-state index contributed by atoms with van der Waals surface area (Å²) in [7, 11) is 0.133. The molecule has 0 saturated heterocycles. The Morgan fingerprint density at radius 2 is 1.68 bits per heavy atom. The third-order valence-corrected chi connectivity index (χ3v) is 6.86. The first-order chi connectivity index (χ1) is 14.8. The molecule has 0 aliphatic heterocycles. The Bertz CT molecular complexity index is 1170. The van der Waals surface area contributed by atoms with Crippen LogP contribution in [-0.2, 0) is 14.8 Å². The van der Waals surface area contributed by atoms with Crippen molar-refractivity contribution in [3.05, 3.63) is 77.3 Å². The Labute approximate surface area is 188 Å². The van der Waals surface area contributed by atoms with E-state index in [-0.39, 0.29) is 29.8 Å². The van der Waals surface area contributed by atoms with E-state index in [0.717, 1.165) is 16.3 Å². The molecule has 3 aromatic rings. The second-order valence-corrected chi connectivity index (χ2v) is 9.64. The largest absolute Gasteiger partial charge is 0.354 e. The molecule has 31 heavy (non-hydrogen) atoms. The fourth-order valence-corrected chi connectivity index (χ4v) is 4.66. The van der Waals surface area contributed by atoms with E-state index >= 15 is 0 Å². The number of hydrogen-bond donors (Lipinski definition) is 2. The number of amides is 1. The number of carbonyl (C=O) groups excluding carboxylic acids is 1. The molecule has 164 valence electrons. The van der Waals surface area contributed by atoms with Crippen molar-refractivity contribution >= 4 is 38.3 Å². The number of sulfonamides is 1. The van der Waals surface area contributed by atoms with E-state index in [9.17, 15) is 13.2 Å². The lowest BCUT2D eigenvalue weighted by atomic mass is 10.1. The van der Waals surface area contributed by atoms with Crippen molar-refractivity contribution in [3.63, 3.8) is 0 Å². The molecular weight excluding hydrogens is 434 g/mol. The molecule has 0 heterocycles. The summed E-state index contributed by atoms with van der Waals surface area (Å²) in [5.74, 6) is -0.236.